The Morgan fingerprint density at radius 2 is 2.18 bits per heavy atom. The Morgan fingerprint density at radius 3 is 2.88 bits per heavy atom. The molecule has 0 fully saturated rings. The molecule has 0 aromatic heterocycles. The van der Waals surface area contributed by atoms with Crippen molar-refractivity contribution in [2.75, 3.05) is 17.8 Å². The number of hydrogen-bond acceptors (Lipinski definition) is 4. The largest absolute Gasteiger partial charge is 0.327 e. The molecule has 1 aromatic rings. The highest BCUT2D eigenvalue weighted by Crippen LogP contribution is 2.41. The molecule has 0 aliphatic carbocycles. The van der Waals surface area contributed by atoms with Crippen molar-refractivity contribution in [1.29, 1.82) is 0 Å². The van der Waals surface area contributed by atoms with E-state index in [0.29, 0.717) is 6.42 Å². The number of fused-ring (bicyclic) bond motifs is 1. The minimum absolute atomic E-state index is 0.0686. The van der Waals surface area contributed by atoms with E-state index in [2.05, 4.69) is 12.1 Å². The topological polar surface area (TPSA) is 60.2 Å². The molecule has 0 spiro atoms. The zero-order valence-corrected chi connectivity index (χ0v) is 11.4. The molecule has 17 heavy (non-hydrogen) atoms. The molecule has 2 atom stereocenters. The van der Waals surface area contributed by atoms with Gasteiger partial charge in [-0.3, -0.25) is 0 Å². The Hall–Kier alpha value is -0.520. The van der Waals surface area contributed by atoms with Gasteiger partial charge in [-0.1, -0.05) is 18.2 Å². The van der Waals surface area contributed by atoms with Crippen LogP contribution in [0.15, 0.2) is 29.2 Å². The second-order valence-corrected chi connectivity index (χ2v) is 7.86. The Morgan fingerprint density at radius 1 is 1.47 bits per heavy atom. The van der Waals surface area contributed by atoms with Crippen LogP contribution in [0.25, 0.3) is 0 Å². The molecular formula is C12H17NO2S2. The maximum absolute atomic E-state index is 11.1. The summed E-state index contributed by atoms with van der Waals surface area (Å²) in [5.74, 6) is 1.43. The molecule has 3 nitrogen and oxygen atoms in total. The van der Waals surface area contributed by atoms with Crippen molar-refractivity contribution in [3.05, 3.63) is 29.8 Å². The minimum atomic E-state index is -2.91. The molecule has 2 rings (SSSR count). The molecule has 0 amide bonds. The van der Waals surface area contributed by atoms with Crippen LogP contribution in [0.3, 0.4) is 0 Å². The first-order chi connectivity index (χ1) is 7.97. The van der Waals surface area contributed by atoms with Crippen molar-refractivity contribution in [1.82, 2.24) is 0 Å². The van der Waals surface area contributed by atoms with Crippen molar-refractivity contribution in [3.63, 3.8) is 0 Å². The highest BCUT2D eigenvalue weighted by atomic mass is 32.2. The van der Waals surface area contributed by atoms with Gasteiger partial charge in [0, 0.05) is 28.9 Å². The zero-order valence-electron chi connectivity index (χ0n) is 9.80. The lowest BCUT2D eigenvalue weighted by molar-refractivity contribution is 0.547. The van der Waals surface area contributed by atoms with Crippen LogP contribution in [-0.2, 0) is 9.84 Å². The lowest BCUT2D eigenvalue weighted by Crippen LogP contribution is -2.30. The zero-order chi connectivity index (χ0) is 12.5. The lowest BCUT2D eigenvalue weighted by atomic mass is 9.92. The van der Waals surface area contributed by atoms with Gasteiger partial charge in [-0.2, -0.15) is 0 Å². The fraction of sp³-hybridized carbons (Fsp3) is 0.500. The second-order valence-electron chi connectivity index (χ2n) is 4.54. The number of thioether (sulfide) groups is 1. The van der Waals surface area contributed by atoms with E-state index in [1.165, 1.54) is 16.7 Å². The quantitative estimate of drug-likeness (QED) is 0.904. The van der Waals surface area contributed by atoms with Crippen molar-refractivity contribution < 1.29 is 8.42 Å². The van der Waals surface area contributed by atoms with E-state index in [1.807, 2.05) is 23.9 Å². The fourth-order valence-corrected chi connectivity index (χ4v) is 4.14. The Bertz CT molecular complexity index is 499. The fourth-order valence-electron chi connectivity index (χ4n) is 2.09. The van der Waals surface area contributed by atoms with Crippen LogP contribution >= 0.6 is 11.8 Å². The van der Waals surface area contributed by atoms with E-state index in [4.69, 9.17) is 5.73 Å². The maximum atomic E-state index is 11.1. The maximum Gasteiger partial charge on any atom is 0.147 e. The molecule has 0 saturated heterocycles. The predicted molar refractivity (Wildman–Crippen MR) is 72.2 cm³/mol. The SMILES string of the molecule is CS(=O)(=O)CCC(N)C1CSc2ccccc21. The third-order valence-corrected chi connectivity index (χ3v) is 5.26. The van der Waals surface area contributed by atoms with Crippen LogP contribution in [0.1, 0.15) is 17.9 Å². The lowest BCUT2D eigenvalue weighted by Gasteiger charge is -2.19. The molecule has 0 bridgehead atoms. The number of hydrogen-bond donors (Lipinski definition) is 1. The molecule has 2 unspecified atom stereocenters. The predicted octanol–water partition coefficient (Wildman–Crippen LogP) is 1.64. The van der Waals surface area contributed by atoms with Crippen molar-refractivity contribution in [3.8, 4) is 0 Å². The summed E-state index contributed by atoms with van der Waals surface area (Å²) in [6.45, 7) is 0. The summed E-state index contributed by atoms with van der Waals surface area (Å²) in [6, 6.07) is 8.17. The average Bonchev–Trinajstić information content (AvgIpc) is 2.68. The molecule has 0 saturated carbocycles. The van der Waals surface area contributed by atoms with Gasteiger partial charge < -0.3 is 5.73 Å². The summed E-state index contributed by atoms with van der Waals surface area (Å²) >= 11 is 1.81. The van der Waals surface area contributed by atoms with Gasteiger partial charge in [0.15, 0.2) is 0 Å². The van der Waals surface area contributed by atoms with Gasteiger partial charge in [0.05, 0.1) is 5.75 Å². The van der Waals surface area contributed by atoms with E-state index in [-0.39, 0.29) is 17.7 Å². The summed E-state index contributed by atoms with van der Waals surface area (Å²) < 4.78 is 22.3. The van der Waals surface area contributed by atoms with Gasteiger partial charge in [0.1, 0.15) is 9.84 Å². The number of nitrogens with two attached hydrogens (primary N) is 1. The highest BCUT2D eigenvalue weighted by molar-refractivity contribution is 7.99. The number of benzene rings is 1. The molecule has 5 heteroatoms. The molecule has 1 aliphatic heterocycles. The molecule has 0 radical (unpaired) electrons. The van der Waals surface area contributed by atoms with Gasteiger partial charge in [0.2, 0.25) is 0 Å². The first kappa shape index (κ1) is 12.9. The van der Waals surface area contributed by atoms with Crippen molar-refractivity contribution in [2.45, 2.75) is 23.3 Å². The Balaban J connectivity index is 2.05. The standard InChI is InChI=1S/C12H17NO2S2/c1-17(14,15)7-6-11(13)10-8-16-12-5-3-2-4-9(10)12/h2-5,10-11H,6-8,13H2,1H3. The van der Waals surface area contributed by atoms with E-state index in [0.717, 1.165) is 5.75 Å². The van der Waals surface area contributed by atoms with Crippen molar-refractivity contribution >= 4 is 21.6 Å². The van der Waals surface area contributed by atoms with Gasteiger partial charge >= 0.3 is 0 Å². The summed E-state index contributed by atoms with van der Waals surface area (Å²) in [5.41, 5.74) is 7.40. The number of sulfone groups is 1. The third-order valence-electron chi connectivity index (χ3n) is 3.08. The first-order valence-corrected chi connectivity index (χ1v) is 8.67. The second kappa shape index (κ2) is 5.00. The molecule has 1 aliphatic rings. The molecule has 94 valence electrons. The van der Waals surface area contributed by atoms with Crippen LogP contribution in [0, 0.1) is 0 Å². The van der Waals surface area contributed by atoms with Gasteiger partial charge in [-0.25, -0.2) is 8.42 Å². The highest BCUT2D eigenvalue weighted by Gasteiger charge is 2.28. The normalized spacial score (nSPS) is 21.2. The number of rotatable bonds is 4. The summed E-state index contributed by atoms with van der Waals surface area (Å²) in [7, 11) is -2.91. The van der Waals surface area contributed by atoms with Crippen molar-refractivity contribution in [2.24, 2.45) is 5.73 Å². The van der Waals surface area contributed by atoms with Crippen LogP contribution in [0.4, 0.5) is 0 Å². The monoisotopic (exact) mass is 271 g/mol. The van der Waals surface area contributed by atoms with E-state index in [1.54, 1.807) is 0 Å². The third kappa shape index (κ3) is 3.24. The van der Waals surface area contributed by atoms with Gasteiger partial charge in [0.25, 0.3) is 0 Å². The summed E-state index contributed by atoms with van der Waals surface area (Å²) in [4.78, 5) is 1.28. The van der Waals surface area contributed by atoms with Crippen LogP contribution < -0.4 is 5.73 Å². The Kier molecular flexibility index (Phi) is 3.80. The van der Waals surface area contributed by atoms with Gasteiger partial charge in [-0.05, 0) is 18.1 Å². The van der Waals surface area contributed by atoms with Gasteiger partial charge in [-0.15, -0.1) is 11.8 Å². The van der Waals surface area contributed by atoms with E-state index >= 15 is 0 Å². The van der Waals surface area contributed by atoms with Crippen LogP contribution in [0.5, 0.6) is 0 Å². The van der Waals surface area contributed by atoms with Crippen LogP contribution in [0.2, 0.25) is 0 Å². The molecule has 1 heterocycles. The van der Waals surface area contributed by atoms with Crippen LogP contribution in [-0.4, -0.2) is 32.2 Å². The summed E-state index contributed by atoms with van der Waals surface area (Å²) in [5, 5.41) is 0. The molecular weight excluding hydrogens is 254 g/mol. The van der Waals surface area contributed by atoms with E-state index in [9.17, 15) is 8.42 Å². The molecule has 1 aromatic carbocycles. The Labute approximate surface area is 107 Å². The minimum Gasteiger partial charge on any atom is -0.327 e. The smallest absolute Gasteiger partial charge is 0.147 e. The average molecular weight is 271 g/mol. The first-order valence-electron chi connectivity index (χ1n) is 5.62. The summed E-state index contributed by atoms with van der Waals surface area (Å²) in [6.07, 6.45) is 1.80. The van der Waals surface area contributed by atoms with E-state index < -0.39 is 9.84 Å². The molecule has 2 N–H and O–H groups in total.